The van der Waals surface area contributed by atoms with E-state index in [1.165, 1.54) is 20.2 Å². The molecule has 1 atom stereocenters. The molecule has 240 valence electrons. The summed E-state index contributed by atoms with van der Waals surface area (Å²) in [6.07, 6.45) is -0.439. The number of aliphatic imine (C=N–C) groups is 2. The largest absolute Gasteiger partial charge is 0.456 e. The van der Waals surface area contributed by atoms with Gasteiger partial charge in [-0.3, -0.25) is 0 Å². The average molecular weight is 674 g/mol. The number of amidine groups is 2. The minimum Gasteiger partial charge on any atom is -0.456 e. The van der Waals surface area contributed by atoms with Gasteiger partial charge in [0.25, 0.3) is 0 Å². The van der Waals surface area contributed by atoms with Gasteiger partial charge in [0.15, 0.2) is 12.0 Å². The monoisotopic (exact) mass is 673 g/mol. The van der Waals surface area contributed by atoms with Crippen molar-refractivity contribution in [3.05, 3.63) is 168 Å². The molecular formula is C45H27N3O2S. The predicted octanol–water partition coefficient (Wildman–Crippen LogP) is 12.0. The first-order chi connectivity index (χ1) is 25.3. The summed E-state index contributed by atoms with van der Waals surface area (Å²) in [5.41, 5.74) is 8.45. The fourth-order valence-corrected chi connectivity index (χ4v) is 8.88. The van der Waals surface area contributed by atoms with Gasteiger partial charge in [0.1, 0.15) is 28.2 Å². The molecule has 0 aliphatic carbocycles. The van der Waals surface area contributed by atoms with E-state index < -0.39 is 6.17 Å². The van der Waals surface area contributed by atoms with Crippen LogP contribution in [0, 0.1) is 0 Å². The number of furan rings is 2. The van der Waals surface area contributed by atoms with Crippen molar-refractivity contribution in [3.8, 4) is 11.1 Å². The van der Waals surface area contributed by atoms with Crippen molar-refractivity contribution in [2.75, 3.05) is 0 Å². The van der Waals surface area contributed by atoms with Crippen molar-refractivity contribution in [2.24, 2.45) is 9.98 Å². The van der Waals surface area contributed by atoms with Crippen molar-refractivity contribution >= 4 is 87.1 Å². The van der Waals surface area contributed by atoms with Gasteiger partial charge < -0.3 is 14.2 Å². The van der Waals surface area contributed by atoms with Gasteiger partial charge in [-0.2, -0.15) is 0 Å². The Morgan fingerprint density at radius 2 is 1.18 bits per heavy atom. The van der Waals surface area contributed by atoms with E-state index in [9.17, 15) is 0 Å². The molecule has 5 nitrogen and oxygen atoms in total. The van der Waals surface area contributed by atoms with E-state index in [2.05, 4.69) is 121 Å². The first-order valence-corrected chi connectivity index (χ1v) is 17.8. The Balaban J connectivity index is 1.11. The number of hydrogen-bond acceptors (Lipinski definition) is 6. The number of nitrogens with zero attached hydrogens (tertiary/aromatic N) is 2. The highest BCUT2D eigenvalue weighted by molar-refractivity contribution is 7.26. The lowest BCUT2D eigenvalue weighted by molar-refractivity contribution is 0.629. The Morgan fingerprint density at radius 1 is 0.510 bits per heavy atom. The van der Waals surface area contributed by atoms with Crippen molar-refractivity contribution < 1.29 is 8.83 Å². The molecular weight excluding hydrogens is 647 g/mol. The maximum atomic E-state index is 6.97. The first-order valence-electron chi connectivity index (χ1n) is 17.0. The number of para-hydroxylation sites is 3. The Hall–Kier alpha value is -6.50. The fraction of sp³-hybridized carbons (Fsp3) is 0.0222. The molecule has 0 saturated heterocycles. The molecule has 10 aromatic rings. The minimum absolute atomic E-state index is 0.439. The van der Waals surface area contributed by atoms with Crippen LogP contribution >= 0.6 is 11.3 Å². The van der Waals surface area contributed by atoms with Crippen LogP contribution in [0.2, 0.25) is 0 Å². The van der Waals surface area contributed by atoms with Crippen molar-refractivity contribution in [1.29, 1.82) is 0 Å². The summed E-state index contributed by atoms with van der Waals surface area (Å²) in [6.45, 7) is 0. The zero-order valence-electron chi connectivity index (χ0n) is 27.1. The number of rotatable bonds is 4. The molecule has 0 radical (unpaired) electrons. The molecule has 1 unspecified atom stereocenters. The van der Waals surface area contributed by atoms with Gasteiger partial charge in [-0.1, -0.05) is 127 Å². The molecule has 11 rings (SSSR count). The zero-order valence-corrected chi connectivity index (χ0v) is 27.9. The van der Waals surface area contributed by atoms with Gasteiger partial charge in [-0.05, 0) is 29.8 Å². The lowest BCUT2D eigenvalue weighted by Crippen LogP contribution is -2.33. The summed E-state index contributed by atoms with van der Waals surface area (Å²) in [5.74, 6) is 1.47. The van der Waals surface area contributed by atoms with Crippen LogP contribution in [0.3, 0.4) is 0 Å². The summed E-state index contributed by atoms with van der Waals surface area (Å²) in [4.78, 5) is 10.4. The van der Waals surface area contributed by atoms with Crippen molar-refractivity contribution in [2.45, 2.75) is 6.17 Å². The normalized spacial score (nSPS) is 14.9. The third-order valence-corrected chi connectivity index (χ3v) is 11.2. The number of benzene rings is 7. The highest BCUT2D eigenvalue weighted by atomic mass is 32.1. The smallest absolute Gasteiger partial charge is 0.159 e. The van der Waals surface area contributed by atoms with Crippen LogP contribution in [-0.2, 0) is 0 Å². The third kappa shape index (κ3) is 4.33. The lowest BCUT2D eigenvalue weighted by atomic mass is 9.97. The summed E-state index contributed by atoms with van der Waals surface area (Å²) in [7, 11) is 0. The van der Waals surface area contributed by atoms with E-state index in [-0.39, 0.29) is 0 Å². The molecule has 1 aliphatic rings. The quantitative estimate of drug-likeness (QED) is 0.202. The van der Waals surface area contributed by atoms with Gasteiger partial charge in [0.2, 0.25) is 0 Å². The van der Waals surface area contributed by atoms with Gasteiger partial charge in [-0.25, -0.2) is 9.98 Å². The standard InChI is InChI=1S/C45H27N3O2S/c1-2-12-26(13-3-1)43-46-44(48-45(47-43)35-22-10-20-32-27-14-5-7-25-38(27)51-42(32)35)34-21-9-19-31-30-18-8-17-29(40(30)50-41(31)34)28-16-11-24-37-39(28)33-15-4-6-23-36(33)49-37/h1-25,44H,(H,46,47,48). The van der Waals surface area contributed by atoms with Crippen LogP contribution in [0.25, 0.3) is 75.2 Å². The van der Waals surface area contributed by atoms with Gasteiger partial charge in [-0.15, -0.1) is 11.3 Å². The molecule has 51 heavy (non-hydrogen) atoms. The molecule has 4 heterocycles. The van der Waals surface area contributed by atoms with E-state index in [4.69, 9.17) is 18.8 Å². The average Bonchev–Trinajstić information content (AvgIpc) is 3.89. The second kappa shape index (κ2) is 11.0. The van der Waals surface area contributed by atoms with Crippen molar-refractivity contribution in [1.82, 2.24) is 5.32 Å². The maximum absolute atomic E-state index is 6.97. The van der Waals surface area contributed by atoms with E-state index in [0.29, 0.717) is 5.84 Å². The predicted molar refractivity (Wildman–Crippen MR) is 211 cm³/mol. The molecule has 0 fully saturated rings. The van der Waals surface area contributed by atoms with Gasteiger partial charge in [0.05, 0.1) is 0 Å². The van der Waals surface area contributed by atoms with Crippen molar-refractivity contribution in [3.63, 3.8) is 0 Å². The molecule has 0 spiro atoms. The molecule has 0 amide bonds. The Bertz CT molecular complexity index is 3070. The molecule has 0 saturated carbocycles. The molecule has 0 bridgehead atoms. The highest BCUT2D eigenvalue weighted by Crippen LogP contribution is 2.43. The van der Waals surface area contributed by atoms with E-state index in [1.54, 1.807) is 11.3 Å². The van der Waals surface area contributed by atoms with Crippen LogP contribution in [0.4, 0.5) is 0 Å². The summed E-state index contributed by atoms with van der Waals surface area (Å²) < 4.78 is 15.7. The number of thiophene rings is 1. The minimum atomic E-state index is -0.439. The fourth-order valence-electron chi connectivity index (χ4n) is 7.66. The Morgan fingerprint density at radius 3 is 2.08 bits per heavy atom. The van der Waals surface area contributed by atoms with Gasteiger partial charge in [0, 0.05) is 64.0 Å². The maximum Gasteiger partial charge on any atom is 0.159 e. The van der Waals surface area contributed by atoms with E-state index in [0.717, 1.165) is 77.5 Å². The second-order valence-electron chi connectivity index (χ2n) is 12.9. The van der Waals surface area contributed by atoms with Crippen LogP contribution in [0.15, 0.2) is 170 Å². The molecule has 3 aromatic heterocycles. The second-order valence-corrected chi connectivity index (χ2v) is 13.9. The molecule has 1 aliphatic heterocycles. The van der Waals surface area contributed by atoms with Gasteiger partial charge >= 0.3 is 0 Å². The SMILES string of the molecule is c1ccc(C2=NC(c3cccc4c3oc3c(-c5cccc6oc7ccccc7c56)cccc34)NC(c3cccc4c3sc3ccccc34)=N2)cc1. The summed E-state index contributed by atoms with van der Waals surface area (Å²) in [5, 5.41) is 10.5. The number of fused-ring (bicyclic) bond motifs is 9. The molecule has 7 aromatic carbocycles. The lowest BCUT2D eigenvalue weighted by Gasteiger charge is -2.24. The van der Waals surface area contributed by atoms with Crippen LogP contribution in [0.1, 0.15) is 22.9 Å². The Labute approximate surface area is 295 Å². The van der Waals surface area contributed by atoms with E-state index in [1.807, 2.05) is 36.4 Å². The zero-order chi connectivity index (χ0) is 33.5. The van der Waals surface area contributed by atoms with E-state index >= 15 is 0 Å². The molecule has 1 N–H and O–H groups in total. The first kappa shape index (κ1) is 28.3. The summed E-state index contributed by atoms with van der Waals surface area (Å²) >= 11 is 1.80. The topological polar surface area (TPSA) is 63.0 Å². The van der Waals surface area contributed by atoms with Crippen LogP contribution < -0.4 is 5.32 Å². The summed E-state index contributed by atoms with van der Waals surface area (Å²) in [6, 6.07) is 52.5. The van der Waals surface area contributed by atoms with Crippen LogP contribution in [0.5, 0.6) is 0 Å². The highest BCUT2D eigenvalue weighted by Gasteiger charge is 2.27. The number of nitrogens with one attached hydrogen (secondary N) is 1. The third-order valence-electron chi connectivity index (χ3n) is 9.98. The molecule has 6 heteroatoms. The number of hydrogen-bond donors (Lipinski definition) is 1. The van der Waals surface area contributed by atoms with Crippen LogP contribution in [-0.4, -0.2) is 11.7 Å². The Kier molecular flexibility index (Phi) is 6.12.